The van der Waals surface area contributed by atoms with E-state index >= 15 is 0 Å². The summed E-state index contributed by atoms with van der Waals surface area (Å²) in [5.41, 5.74) is 6.59. The Hall–Kier alpha value is -0.420. The van der Waals surface area contributed by atoms with Crippen molar-refractivity contribution in [1.82, 2.24) is 4.90 Å². The lowest BCUT2D eigenvalue weighted by atomic mass is 10.3. The third-order valence-electron chi connectivity index (χ3n) is 2.25. The molecule has 0 radical (unpaired) electrons. The average molecular weight is 230 g/mol. The first kappa shape index (κ1) is 15.6. The minimum Gasteiger partial charge on any atom is -0.380 e. The number of nitrogens with two attached hydrogens (primary N) is 1. The first-order valence-electron chi connectivity index (χ1n) is 5.99. The molecule has 16 heavy (non-hydrogen) atoms. The molecule has 2 N–H and O–H groups in total. The van der Waals surface area contributed by atoms with Gasteiger partial charge in [0.1, 0.15) is 0 Å². The van der Waals surface area contributed by atoms with E-state index in [1.165, 1.54) is 0 Å². The Bertz CT molecular complexity index is 164. The van der Waals surface area contributed by atoms with E-state index in [2.05, 4.69) is 11.5 Å². The van der Waals surface area contributed by atoms with Crippen molar-refractivity contribution in [2.75, 3.05) is 52.6 Å². The molecule has 0 aromatic carbocycles. The molecule has 0 amide bonds. The fourth-order valence-electron chi connectivity index (χ4n) is 1.33. The van der Waals surface area contributed by atoms with Crippen molar-refractivity contribution < 1.29 is 9.47 Å². The minimum absolute atomic E-state index is 0.541. The van der Waals surface area contributed by atoms with Gasteiger partial charge in [0, 0.05) is 39.4 Å². The first-order chi connectivity index (χ1) is 7.74. The Morgan fingerprint density at radius 2 is 1.62 bits per heavy atom. The molecule has 0 aromatic heterocycles. The summed E-state index contributed by atoms with van der Waals surface area (Å²) >= 11 is 0. The highest BCUT2D eigenvalue weighted by atomic mass is 16.5. The van der Waals surface area contributed by atoms with Gasteiger partial charge in [0.25, 0.3) is 0 Å². The van der Waals surface area contributed by atoms with E-state index in [0.717, 1.165) is 51.6 Å². The predicted octanol–water partition coefficient (Wildman–Crippen LogP) is 0.876. The van der Waals surface area contributed by atoms with Gasteiger partial charge < -0.3 is 15.2 Å². The number of rotatable bonds is 11. The highest BCUT2D eigenvalue weighted by Crippen LogP contribution is 1.96. The summed E-state index contributed by atoms with van der Waals surface area (Å²) in [6, 6.07) is 0. The summed E-state index contributed by atoms with van der Waals surface area (Å²) in [6.07, 6.45) is 0. The zero-order valence-electron chi connectivity index (χ0n) is 10.7. The van der Waals surface area contributed by atoms with Gasteiger partial charge in [-0.2, -0.15) is 0 Å². The van der Waals surface area contributed by atoms with Crippen LogP contribution in [0, 0.1) is 0 Å². The van der Waals surface area contributed by atoms with Crippen LogP contribution in [0.4, 0.5) is 0 Å². The van der Waals surface area contributed by atoms with Gasteiger partial charge in [-0.05, 0) is 19.4 Å². The van der Waals surface area contributed by atoms with Crippen LogP contribution in [-0.2, 0) is 9.47 Å². The average Bonchev–Trinajstić information content (AvgIpc) is 2.29. The van der Waals surface area contributed by atoms with Crippen LogP contribution in [0.15, 0.2) is 12.2 Å². The fourth-order valence-corrected chi connectivity index (χ4v) is 1.33. The molecule has 0 rings (SSSR count). The van der Waals surface area contributed by atoms with Crippen molar-refractivity contribution >= 4 is 0 Å². The molecular formula is C12H26N2O2. The number of ether oxygens (including phenoxy) is 2. The molecule has 0 aliphatic carbocycles. The van der Waals surface area contributed by atoms with Crippen molar-refractivity contribution in [1.29, 1.82) is 0 Å². The van der Waals surface area contributed by atoms with Crippen LogP contribution >= 0.6 is 0 Å². The molecule has 0 aromatic rings. The third-order valence-corrected chi connectivity index (χ3v) is 2.25. The topological polar surface area (TPSA) is 47.7 Å². The largest absolute Gasteiger partial charge is 0.380 e. The van der Waals surface area contributed by atoms with E-state index in [1.807, 2.05) is 13.8 Å². The van der Waals surface area contributed by atoms with Crippen molar-refractivity contribution in [3.05, 3.63) is 12.2 Å². The molecular weight excluding hydrogens is 204 g/mol. The lowest BCUT2D eigenvalue weighted by molar-refractivity contribution is 0.0867. The molecule has 0 saturated carbocycles. The summed E-state index contributed by atoms with van der Waals surface area (Å²) in [7, 11) is 0. The Kier molecular flexibility index (Phi) is 10.8. The molecule has 4 heteroatoms. The third kappa shape index (κ3) is 8.85. The van der Waals surface area contributed by atoms with Crippen LogP contribution in [0.5, 0.6) is 0 Å². The molecule has 4 nitrogen and oxygen atoms in total. The molecule has 0 unspecified atom stereocenters. The van der Waals surface area contributed by atoms with Gasteiger partial charge in [0.15, 0.2) is 0 Å². The highest BCUT2D eigenvalue weighted by molar-refractivity contribution is 4.98. The van der Waals surface area contributed by atoms with E-state index in [-0.39, 0.29) is 0 Å². The van der Waals surface area contributed by atoms with Crippen molar-refractivity contribution in [2.45, 2.75) is 13.8 Å². The maximum atomic E-state index is 5.54. The van der Waals surface area contributed by atoms with E-state index in [0.29, 0.717) is 6.54 Å². The fraction of sp³-hybridized carbons (Fsp3) is 0.833. The molecule has 0 atom stereocenters. The summed E-state index contributed by atoms with van der Waals surface area (Å²) < 4.78 is 10.7. The number of hydrogen-bond acceptors (Lipinski definition) is 4. The second-order valence-electron chi connectivity index (χ2n) is 3.62. The smallest absolute Gasteiger partial charge is 0.0593 e. The van der Waals surface area contributed by atoms with Gasteiger partial charge >= 0.3 is 0 Å². The Balaban J connectivity index is 3.80. The molecule has 0 aliphatic heterocycles. The van der Waals surface area contributed by atoms with Crippen molar-refractivity contribution in [3.8, 4) is 0 Å². The summed E-state index contributed by atoms with van der Waals surface area (Å²) in [5, 5.41) is 0. The normalized spacial score (nSPS) is 11.0. The molecule has 0 heterocycles. The molecule has 0 aliphatic rings. The van der Waals surface area contributed by atoms with Crippen LogP contribution in [-0.4, -0.2) is 57.5 Å². The summed E-state index contributed by atoms with van der Waals surface area (Å²) in [6.45, 7) is 14.1. The lowest BCUT2D eigenvalue weighted by Crippen LogP contribution is -2.34. The second-order valence-corrected chi connectivity index (χ2v) is 3.62. The monoisotopic (exact) mass is 230 g/mol. The maximum Gasteiger partial charge on any atom is 0.0593 e. The van der Waals surface area contributed by atoms with Gasteiger partial charge in [-0.25, -0.2) is 0 Å². The van der Waals surface area contributed by atoms with E-state index in [4.69, 9.17) is 15.2 Å². The van der Waals surface area contributed by atoms with Crippen LogP contribution in [0.25, 0.3) is 0 Å². The minimum atomic E-state index is 0.541. The van der Waals surface area contributed by atoms with Gasteiger partial charge in [-0.1, -0.05) is 6.58 Å². The first-order valence-corrected chi connectivity index (χ1v) is 5.99. The van der Waals surface area contributed by atoms with Crippen LogP contribution in [0.1, 0.15) is 13.8 Å². The molecule has 0 spiro atoms. The van der Waals surface area contributed by atoms with E-state index in [1.54, 1.807) is 0 Å². The predicted molar refractivity (Wildman–Crippen MR) is 67.6 cm³/mol. The van der Waals surface area contributed by atoms with Gasteiger partial charge in [0.2, 0.25) is 0 Å². The van der Waals surface area contributed by atoms with Gasteiger partial charge in [-0.3, -0.25) is 4.90 Å². The SMILES string of the molecule is C=C(CN)CN(CCOCC)CCOCC. The molecule has 0 saturated heterocycles. The summed E-state index contributed by atoms with van der Waals surface area (Å²) in [5.74, 6) is 0. The Morgan fingerprint density at radius 3 is 2.00 bits per heavy atom. The van der Waals surface area contributed by atoms with Crippen molar-refractivity contribution in [2.24, 2.45) is 5.73 Å². The molecule has 0 fully saturated rings. The highest BCUT2D eigenvalue weighted by Gasteiger charge is 2.05. The lowest BCUT2D eigenvalue weighted by Gasteiger charge is -2.22. The molecule has 0 bridgehead atoms. The van der Waals surface area contributed by atoms with Crippen LogP contribution in [0.2, 0.25) is 0 Å². The molecule has 96 valence electrons. The number of hydrogen-bond donors (Lipinski definition) is 1. The van der Waals surface area contributed by atoms with Gasteiger partial charge in [0.05, 0.1) is 13.2 Å². The Morgan fingerprint density at radius 1 is 1.12 bits per heavy atom. The second kappa shape index (κ2) is 11.1. The number of nitrogens with zero attached hydrogens (tertiary/aromatic N) is 1. The quantitative estimate of drug-likeness (QED) is 0.423. The summed E-state index contributed by atoms with van der Waals surface area (Å²) in [4.78, 5) is 2.26. The standard InChI is InChI=1S/C12H26N2O2/c1-4-15-8-6-14(7-9-16-5-2)11-12(3)10-13/h3-11,13H2,1-2H3. The van der Waals surface area contributed by atoms with Crippen molar-refractivity contribution in [3.63, 3.8) is 0 Å². The maximum absolute atomic E-state index is 5.54. The van der Waals surface area contributed by atoms with E-state index < -0.39 is 0 Å². The zero-order valence-corrected chi connectivity index (χ0v) is 10.7. The van der Waals surface area contributed by atoms with Crippen LogP contribution in [0.3, 0.4) is 0 Å². The Labute approximate surface area is 99.4 Å². The van der Waals surface area contributed by atoms with E-state index in [9.17, 15) is 0 Å². The zero-order chi connectivity index (χ0) is 12.2. The van der Waals surface area contributed by atoms with Crippen LogP contribution < -0.4 is 5.73 Å². The van der Waals surface area contributed by atoms with Gasteiger partial charge in [-0.15, -0.1) is 0 Å².